The molecule has 0 atom stereocenters. The number of para-hydroxylation sites is 2. The summed E-state index contributed by atoms with van der Waals surface area (Å²) in [6.07, 6.45) is 1.09. The van der Waals surface area contributed by atoms with Crippen molar-refractivity contribution in [2.45, 2.75) is 6.92 Å². The first-order valence-electron chi connectivity index (χ1n) is 5.49. The fraction of sp³-hybridized carbons (Fsp3) is 0.500. The van der Waals surface area contributed by atoms with Gasteiger partial charge in [0, 0.05) is 6.26 Å². The highest BCUT2D eigenvalue weighted by molar-refractivity contribution is 7.90. The largest absolute Gasteiger partial charge is 0.493 e. The van der Waals surface area contributed by atoms with E-state index in [2.05, 4.69) is 0 Å². The molecule has 0 amide bonds. The van der Waals surface area contributed by atoms with Crippen molar-refractivity contribution in [1.82, 2.24) is 0 Å². The number of methoxy groups -OCH3 is 1. The van der Waals surface area contributed by atoms with Crippen LogP contribution in [-0.2, 0) is 9.84 Å². The molecular formula is C12H20O5S. The van der Waals surface area contributed by atoms with Crippen molar-refractivity contribution < 1.29 is 23.0 Å². The Morgan fingerprint density at radius 2 is 1.78 bits per heavy atom. The highest BCUT2D eigenvalue weighted by Crippen LogP contribution is 2.25. The SMILES string of the molecule is CCOc1ccccc1OC.CS(=O)(=O)CCO. The van der Waals surface area contributed by atoms with Gasteiger partial charge in [0.15, 0.2) is 11.5 Å². The molecule has 0 aliphatic carbocycles. The number of rotatable bonds is 5. The van der Waals surface area contributed by atoms with Gasteiger partial charge in [-0.1, -0.05) is 12.1 Å². The van der Waals surface area contributed by atoms with Crippen LogP contribution >= 0.6 is 0 Å². The molecule has 0 saturated heterocycles. The standard InChI is InChI=1S/C9H12O2.C3H8O3S/c1-3-11-9-7-5-4-6-8(9)10-2;1-7(5,6)3-2-4/h4-7H,3H2,1-2H3;4H,2-3H2,1H3. The minimum absolute atomic E-state index is 0.132. The van der Waals surface area contributed by atoms with Gasteiger partial charge >= 0.3 is 0 Å². The van der Waals surface area contributed by atoms with E-state index >= 15 is 0 Å². The topological polar surface area (TPSA) is 72.8 Å². The van der Waals surface area contributed by atoms with E-state index in [9.17, 15) is 8.42 Å². The van der Waals surface area contributed by atoms with Crippen LogP contribution in [0.15, 0.2) is 24.3 Å². The molecule has 1 aromatic rings. The second-order valence-corrected chi connectivity index (χ2v) is 5.70. The van der Waals surface area contributed by atoms with Crippen LogP contribution in [0.3, 0.4) is 0 Å². The van der Waals surface area contributed by atoms with Crippen LogP contribution < -0.4 is 9.47 Å². The second kappa shape index (κ2) is 8.77. The number of hydrogen-bond donors (Lipinski definition) is 1. The maximum atomic E-state index is 10.1. The van der Waals surface area contributed by atoms with E-state index in [4.69, 9.17) is 14.6 Å². The van der Waals surface area contributed by atoms with E-state index in [1.807, 2.05) is 31.2 Å². The van der Waals surface area contributed by atoms with E-state index < -0.39 is 9.84 Å². The predicted octanol–water partition coefficient (Wildman–Crippen LogP) is 1.12. The number of benzene rings is 1. The summed E-state index contributed by atoms with van der Waals surface area (Å²) >= 11 is 0. The lowest BCUT2D eigenvalue weighted by molar-refractivity contribution is 0.311. The third-order valence-electron chi connectivity index (χ3n) is 1.83. The normalized spacial score (nSPS) is 10.2. The molecule has 0 heterocycles. The Kier molecular flexibility index (Phi) is 8.15. The second-order valence-electron chi connectivity index (χ2n) is 3.44. The molecule has 0 spiro atoms. The Labute approximate surface area is 108 Å². The van der Waals surface area contributed by atoms with Crippen molar-refractivity contribution in [2.24, 2.45) is 0 Å². The summed E-state index contributed by atoms with van der Waals surface area (Å²) in [5, 5.41) is 8.02. The van der Waals surface area contributed by atoms with Crippen molar-refractivity contribution in [2.75, 3.05) is 32.3 Å². The van der Waals surface area contributed by atoms with Crippen LogP contribution in [0.1, 0.15) is 6.92 Å². The molecule has 1 N–H and O–H groups in total. The summed E-state index contributed by atoms with van der Waals surface area (Å²) in [6, 6.07) is 7.61. The Balaban J connectivity index is 0.000000360. The van der Waals surface area contributed by atoms with Crippen molar-refractivity contribution in [3.05, 3.63) is 24.3 Å². The summed E-state index contributed by atoms with van der Waals surface area (Å²) < 4.78 is 30.5. The van der Waals surface area contributed by atoms with Crippen molar-refractivity contribution in [3.8, 4) is 11.5 Å². The van der Waals surface area contributed by atoms with Gasteiger partial charge in [-0.3, -0.25) is 0 Å². The van der Waals surface area contributed by atoms with E-state index in [1.54, 1.807) is 7.11 Å². The molecule has 0 aliphatic rings. The number of aliphatic hydroxyl groups excluding tert-OH is 1. The van der Waals surface area contributed by atoms with E-state index in [0.717, 1.165) is 17.8 Å². The third kappa shape index (κ3) is 7.92. The highest BCUT2D eigenvalue weighted by Gasteiger charge is 1.99. The van der Waals surface area contributed by atoms with Crippen LogP contribution in [0.25, 0.3) is 0 Å². The smallest absolute Gasteiger partial charge is 0.161 e. The molecule has 0 bridgehead atoms. The molecular weight excluding hydrogens is 256 g/mol. The molecule has 0 aromatic heterocycles. The minimum atomic E-state index is -2.92. The average molecular weight is 276 g/mol. The minimum Gasteiger partial charge on any atom is -0.493 e. The number of sulfone groups is 1. The van der Waals surface area contributed by atoms with Gasteiger partial charge in [0.05, 0.1) is 26.1 Å². The maximum absolute atomic E-state index is 10.1. The first-order chi connectivity index (χ1) is 8.44. The summed E-state index contributed by atoms with van der Waals surface area (Å²) in [6.45, 7) is 2.34. The molecule has 6 heteroatoms. The van der Waals surface area contributed by atoms with Gasteiger partial charge < -0.3 is 14.6 Å². The zero-order valence-corrected chi connectivity index (χ0v) is 11.7. The maximum Gasteiger partial charge on any atom is 0.161 e. The van der Waals surface area contributed by atoms with Crippen LogP contribution in [0, 0.1) is 0 Å². The molecule has 0 aliphatic heterocycles. The van der Waals surface area contributed by atoms with Crippen LogP contribution in [0.5, 0.6) is 11.5 Å². The summed E-state index contributed by atoms with van der Waals surface area (Å²) in [4.78, 5) is 0. The predicted molar refractivity (Wildman–Crippen MR) is 71.0 cm³/mol. The van der Waals surface area contributed by atoms with Crippen LogP contribution in [0.4, 0.5) is 0 Å². The lowest BCUT2D eigenvalue weighted by atomic mass is 10.3. The molecule has 104 valence electrons. The van der Waals surface area contributed by atoms with E-state index in [0.29, 0.717) is 6.61 Å². The van der Waals surface area contributed by atoms with Gasteiger partial charge in [-0.15, -0.1) is 0 Å². The number of aliphatic hydroxyl groups is 1. The molecule has 1 aromatic carbocycles. The molecule has 0 unspecified atom stereocenters. The number of ether oxygens (including phenoxy) is 2. The van der Waals surface area contributed by atoms with Crippen LogP contribution in [-0.4, -0.2) is 45.9 Å². The Morgan fingerprint density at radius 3 is 2.11 bits per heavy atom. The van der Waals surface area contributed by atoms with Gasteiger partial charge in [-0.2, -0.15) is 0 Å². The van der Waals surface area contributed by atoms with Crippen molar-refractivity contribution >= 4 is 9.84 Å². The van der Waals surface area contributed by atoms with Gasteiger partial charge in [-0.05, 0) is 19.1 Å². The first-order valence-corrected chi connectivity index (χ1v) is 7.55. The Bertz CT molecular complexity index is 428. The summed E-state index contributed by atoms with van der Waals surface area (Å²) in [5.74, 6) is 1.46. The first kappa shape index (κ1) is 16.7. The average Bonchev–Trinajstić information content (AvgIpc) is 2.29. The molecule has 0 radical (unpaired) electrons. The zero-order chi connectivity index (χ0) is 14.0. The Morgan fingerprint density at radius 1 is 1.22 bits per heavy atom. The summed E-state index contributed by atoms with van der Waals surface area (Å²) in [7, 11) is -1.29. The van der Waals surface area contributed by atoms with E-state index in [1.165, 1.54) is 0 Å². The third-order valence-corrected chi connectivity index (χ3v) is 2.76. The molecule has 0 fully saturated rings. The van der Waals surface area contributed by atoms with Gasteiger partial charge in [0.25, 0.3) is 0 Å². The lowest BCUT2D eigenvalue weighted by Crippen LogP contribution is -2.05. The zero-order valence-electron chi connectivity index (χ0n) is 10.9. The van der Waals surface area contributed by atoms with Gasteiger partial charge in [0.1, 0.15) is 9.84 Å². The van der Waals surface area contributed by atoms with E-state index in [-0.39, 0.29) is 12.4 Å². The molecule has 18 heavy (non-hydrogen) atoms. The van der Waals surface area contributed by atoms with Gasteiger partial charge in [0.2, 0.25) is 0 Å². The van der Waals surface area contributed by atoms with Crippen molar-refractivity contribution in [1.29, 1.82) is 0 Å². The number of hydrogen-bond acceptors (Lipinski definition) is 5. The fourth-order valence-corrected chi connectivity index (χ4v) is 1.39. The summed E-state index contributed by atoms with van der Waals surface area (Å²) in [5.41, 5.74) is 0. The molecule has 0 saturated carbocycles. The highest BCUT2D eigenvalue weighted by atomic mass is 32.2. The lowest BCUT2D eigenvalue weighted by Gasteiger charge is -2.07. The molecule has 5 nitrogen and oxygen atoms in total. The molecule has 1 rings (SSSR count). The quantitative estimate of drug-likeness (QED) is 0.872. The van der Waals surface area contributed by atoms with Crippen molar-refractivity contribution in [3.63, 3.8) is 0 Å². The van der Waals surface area contributed by atoms with Gasteiger partial charge in [-0.25, -0.2) is 8.42 Å². The monoisotopic (exact) mass is 276 g/mol. The fourth-order valence-electron chi connectivity index (χ4n) is 1.06. The Hall–Kier alpha value is -1.27. The van der Waals surface area contributed by atoms with Crippen LogP contribution in [0.2, 0.25) is 0 Å².